The summed E-state index contributed by atoms with van der Waals surface area (Å²) in [6.45, 7) is 9.53. The van der Waals surface area contributed by atoms with E-state index in [2.05, 4.69) is 15.4 Å². The van der Waals surface area contributed by atoms with Crippen molar-refractivity contribution in [2.75, 3.05) is 48.5 Å². The van der Waals surface area contributed by atoms with Gasteiger partial charge in [-0.05, 0) is 81.4 Å². The highest BCUT2D eigenvalue weighted by Crippen LogP contribution is 2.30. The number of nitro benzene ring substituents is 1. The Morgan fingerprint density at radius 2 is 1.45 bits per heavy atom. The molecule has 0 bridgehead atoms. The Morgan fingerprint density at radius 3 is 1.96 bits per heavy atom. The molecule has 382 valence electrons. The summed E-state index contributed by atoms with van der Waals surface area (Å²) in [6.07, 6.45) is -0.410. The van der Waals surface area contributed by atoms with Crippen molar-refractivity contribution in [1.29, 1.82) is 0 Å². The molecule has 0 aromatic heterocycles. The van der Waals surface area contributed by atoms with Crippen molar-refractivity contribution in [2.45, 2.75) is 121 Å². The summed E-state index contributed by atoms with van der Waals surface area (Å²) in [7, 11) is 4.14. The van der Waals surface area contributed by atoms with Crippen molar-refractivity contribution in [3.8, 4) is 11.5 Å². The van der Waals surface area contributed by atoms with Gasteiger partial charge in [-0.2, -0.15) is 0 Å². The Kier molecular flexibility index (Phi) is 20.4. The molecule has 8 atom stereocenters. The number of carbonyl (C=O) groups excluding carboxylic acids is 6. The molecule has 0 radical (unpaired) electrons. The monoisotopic (exact) mass is 987 g/mol. The van der Waals surface area contributed by atoms with Crippen LogP contribution in [0.1, 0.15) is 78.7 Å². The Labute approximate surface area is 404 Å². The van der Waals surface area contributed by atoms with Crippen molar-refractivity contribution in [3.05, 3.63) is 64.2 Å². The van der Waals surface area contributed by atoms with Crippen LogP contribution in [-0.4, -0.2) is 154 Å². The zero-order chi connectivity index (χ0) is 51.3. The fraction of sp³-hybridized carbons (Fsp3) is 0.617. The van der Waals surface area contributed by atoms with Crippen molar-refractivity contribution in [1.82, 2.24) is 30.1 Å². The highest BCUT2D eigenvalue weighted by Gasteiger charge is 2.43. The topological polar surface area (TPSA) is 262 Å². The third kappa shape index (κ3) is 15.4. The van der Waals surface area contributed by atoms with Gasteiger partial charge in [0.1, 0.15) is 17.5 Å². The smallest absolute Gasteiger partial charge is 0.395 e. The molecule has 2 aliphatic rings. The molecule has 21 nitrogen and oxygen atoms in total. The summed E-state index contributed by atoms with van der Waals surface area (Å²) in [5.74, 6) is -3.46. The number of nitrogens with one attached hydrogen (secondary N) is 3. The number of nitrogens with zero attached hydrogens (tertiary/aromatic N) is 4. The summed E-state index contributed by atoms with van der Waals surface area (Å²) in [6, 6.07) is 7.72. The second kappa shape index (κ2) is 25.2. The van der Waals surface area contributed by atoms with Crippen LogP contribution in [0.4, 0.5) is 10.5 Å². The summed E-state index contributed by atoms with van der Waals surface area (Å²) in [5, 5.41) is 15.7. The Balaban J connectivity index is 1.46. The van der Waals surface area contributed by atoms with E-state index in [1.165, 1.54) is 55.5 Å². The Bertz CT molecular complexity index is 2220. The van der Waals surface area contributed by atoms with Gasteiger partial charge < -0.3 is 39.4 Å². The van der Waals surface area contributed by atoms with Crippen LogP contribution < -0.4 is 24.8 Å². The Morgan fingerprint density at radius 1 is 0.855 bits per heavy atom. The van der Waals surface area contributed by atoms with Crippen molar-refractivity contribution in [3.63, 3.8) is 0 Å². The van der Waals surface area contributed by atoms with E-state index in [-0.39, 0.29) is 66.1 Å². The lowest BCUT2D eigenvalue weighted by Gasteiger charge is -2.39. The van der Waals surface area contributed by atoms with Gasteiger partial charge in [-0.15, -0.1) is 0 Å². The third-order valence-electron chi connectivity index (χ3n) is 12.8. The molecular weight excluding hydrogens is 919 g/mol. The molecule has 1 aliphatic carbocycles. The number of amides is 5. The van der Waals surface area contributed by atoms with Crippen LogP contribution in [0.2, 0.25) is 0 Å². The SMILES string of the molecule is CCC(C)C(C(CC(=O)N1CCCC1C(OC)C(C)C(=O)NC(Cc1ccc(OC(=O)Oc2ccc([N+](=O)[O-])cc2)cc1)C(=O)NS(=O)(=O)C1CC1)OC)N(C)C(=O)CNC(=O)C(C(C)C)N(C)C. The van der Waals surface area contributed by atoms with E-state index in [0.717, 1.165) is 12.1 Å². The average molecular weight is 988 g/mol. The molecule has 4 rings (SSSR count). The van der Waals surface area contributed by atoms with Crippen molar-refractivity contribution >= 4 is 51.4 Å². The molecule has 2 aromatic rings. The number of sulfonamides is 1. The highest BCUT2D eigenvalue weighted by atomic mass is 32.2. The van der Waals surface area contributed by atoms with E-state index in [9.17, 15) is 47.3 Å². The van der Waals surface area contributed by atoms with Gasteiger partial charge in [0.25, 0.3) is 11.6 Å². The fourth-order valence-electron chi connectivity index (χ4n) is 8.81. The van der Waals surface area contributed by atoms with Crippen molar-refractivity contribution < 1.29 is 61.1 Å². The number of ether oxygens (including phenoxy) is 4. The van der Waals surface area contributed by atoms with Gasteiger partial charge in [0, 0.05) is 46.4 Å². The summed E-state index contributed by atoms with van der Waals surface area (Å²) < 4.78 is 50.0. The van der Waals surface area contributed by atoms with Gasteiger partial charge in [0.05, 0.1) is 59.4 Å². The molecule has 2 aromatic carbocycles. The van der Waals surface area contributed by atoms with Crippen LogP contribution in [0, 0.1) is 27.9 Å². The number of non-ortho nitro benzene ring substituents is 1. The minimum Gasteiger partial charge on any atom is -0.395 e. The number of likely N-dealkylation sites (N-methyl/N-ethyl adjacent to an activating group) is 2. The normalized spacial score (nSPS) is 18.0. The van der Waals surface area contributed by atoms with Gasteiger partial charge >= 0.3 is 6.16 Å². The number of hydrogen-bond acceptors (Lipinski definition) is 15. The molecule has 1 saturated carbocycles. The number of nitro groups is 1. The van der Waals surface area contributed by atoms with E-state index in [4.69, 9.17) is 18.9 Å². The van der Waals surface area contributed by atoms with Crippen molar-refractivity contribution in [2.24, 2.45) is 17.8 Å². The predicted molar refractivity (Wildman–Crippen MR) is 253 cm³/mol. The van der Waals surface area contributed by atoms with E-state index in [1.807, 2.05) is 27.7 Å². The largest absolute Gasteiger partial charge is 0.519 e. The molecule has 1 saturated heterocycles. The second-order valence-corrected chi connectivity index (χ2v) is 20.3. The lowest BCUT2D eigenvalue weighted by Crippen LogP contribution is -2.56. The zero-order valence-electron chi connectivity index (χ0n) is 41.2. The lowest BCUT2D eigenvalue weighted by atomic mass is 9.90. The number of methoxy groups -OCH3 is 2. The molecular formula is C47H69N7O14S. The first kappa shape index (κ1) is 55.9. The number of benzene rings is 2. The van der Waals surface area contributed by atoms with E-state index < -0.39 is 80.5 Å². The van der Waals surface area contributed by atoms with Crippen LogP contribution in [0.3, 0.4) is 0 Å². The first-order valence-electron chi connectivity index (χ1n) is 23.2. The maximum Gasteiger partial charge on any atom is 0.519 e. The molecule has 2 fully saturated rings. The maximum atomic E-state index is 14.3. The van der Waals surface area contributed by atoms with Gasteiger partial charge in [0.2, 0.25) is 33.7 Å². The van der Waals surface area contributed by atoms with E-state index in [1.54, 1.807) is 37.9 Å². The molecule has 0 spiro atoms. The van der Waals surface area contributed by atoms with Crippen LogP contribution in [0.15, 0.2) is 48.5 Å². The molecule has 8 unspecified atom stereocenters. The average Bonchev–Trinajstić information content (AvgIpc) is 4.06. The van der Waals surface area contributed by atoms with E-state index in [0.29, 0.717) is 44.2 Å². The molecule has 5 amide bonds. The Hall–Kier alpha value is -5.71. The summed E-state index contributed by atoms with van der Waals surface area (Å²) >= 11 is 0. The highest BCUT2D eigenvalue weighted by molar-refractivity contribution is 7.90. The van der Waals surface area contributed by atoms with Gasteiger partial charge in [-0.3, -0.25) is 43.7 Å². The fourth-order valence-corrected chi connectivity index (χ4v) is 10.2. The third-order valence-corrected chi connectivity index (χ3v) is 14.7. The van der Waals surface area contributed by atoms with Crippen LogP contribution >= 0.6 is 0 Å². The maximum absolute atomic E-state index is 14.3. The zero-order valence-corrected chi connectivity index (χ0v) is 42.0. The number of rotatable bonds is 25. The number of hydrogen-bond donors (Lipinski definition) is 3. The van der Waals surface area contributed by atoms with Gasteiger partial charge in [-0.1, -0.05) is 53.2 Å². The number of carbonyl (C=O) groups is 6. The standard InChI is InChI=1S/C47H69N7O14S/c1-11-29(4)42(52(8)40(56)27-48-46(59)41(28(2)3)51(6)7)38(65-9)26-39(55)53-24-12-13-37(53)43(66-10)30(5)44(57)49-36(45(58)50-69(63,64)35-22-23-35)25-31-14-18-33(19-15-31)67-47(60)68-34-20-16-32(17-21-34)54(61)62/h14-21,28-30,35-38,41-43H,11-13,22-27H2,1-10H3,(H,48,59)(H,49,57)(H,50,58). The second-order valence-electron chi connectivity index (χ2n) is 18.3. The summed E-state index contributed by atoms with van der Waals surface area (Å²) in [4.78, 5) is 96.4. The number of likely N-dealkylation sites (tertiary alicyclic amines) is 1. The van der Waals surface area contributed by atoms with Gasteiger partial charge in [0.15, 0.2) is 0 Å². The van der Waals surface area contributed by atoms with Crippen LogP contribution in [0.5, 0.6) is 11.5 Å². The van der Waals surface area contributed by atoms with Gasteiger partial charge in [-0.25, -0.2) is 13.2 Å². The molecule has 3 N–H and O–H groups in total. The molecule has 1 heterocycles. The predicted octanol–water partition coefficient (Wildman–Crippen LogP) is 3.43. The van der Waals surface area contributed by atoms with E-state index >= 15 is 0 Å². The quantitative estimate of drug-likeness (QED) is 0.0557. The molecule has 1 aliphatic heterocycles. The lowest BCUT2D eigenvalue weighted by molar-refractivity contribution is -0.384. The van der Waals surface area contributed by atoms with Crippen LogP contribution in [-0.2, 0) is 49.9 Å². The minimum atomic E-state index is -4.01. The first-order valence-corrected chi connectivity index (χ1v) is 24.7. The molecule has 22 heteroatoms. The first-order chi connectivity index (χ1) is 32.5. The minimum absolute atomic E-state index is 0.00825. The molecule has 69 heavy (non-hydrogen) atoms. The summed E-state index contributed by atoms with van der Waals surface area (Å²) in [5.41, 5.74) is 0.268. The van der Waals surface area contributed by atoms with Crippen LogP contribution in [0.25, 0.3) is 0 Å².